The van der Waals surface area contributed by atoms with Crippen LogP contribution in [0.3, 0.4) is 0 Å². The van der Waals surface area contributed by atoms with Crippen LogP contribution < -0.4 is 0 Å². The van der Waals surface area contributed by atoms with E-state index >= 15 is 0 Å². The maximum absolute atomic E-state index is 5.44. The molecule has 3 aromatic heterocycles. The Bertz CT molecular complexity index is 1300. The van der Waals surface area contributed by atoms with Crippen LogP contribution in [0.2, 0.25) is 0 Å². The van der Waals surface area contributed by atoms with Gasteiger partial charge in [-0.2, -0.15) is 4.98 Å². The maximum Gasteiger partial charge on any atom is 0.237 e. The Labute approximate surface area is 177 Å². The number of H-pyrrole nitrogens is 1. The second-order valence-corrected chi connectivity index (χ2v) is 7.91. The number of fused-ring (bicyclic) bond motifs is 1. The lowest BCUT2D eigenvalue weighted by Crippen LogP contribution is -1.99. The minimum absolute atomic E-state index is 0.533. The first-order chi connectivity index (χ1) is 14.7. The summed E-state index contributed by atoms with van der Waals surface area (Å²) in [5, 5.41) is 14.9. The molecule has 0 aliphatic rings. The summed E-state index contributed by atoms with van der Waals surface area (Å²) in [4.78, 5) is 7.82. The number of rotatable bonds is 6. The molecule has 0 radical (unpaired) electrons. The zero-order valence-corrected chi connectivity index (χ0v) is 17.5. The molecular weight excluding hydrogens is 396 g/mol. The quantitative estimate of drug-likeness (QED) is 0.388. The van der Waals surface area contributed by atoms with Crippen molar-refractivity contribution in [3.63, 3.8) is 0 Å². The van der Waals surface area contributed by atoms with Gasteiger partial charge in [0.1, 0.15) is 0 Å². The zero-order chi connectivity index (χ0) is 20.5. The zero-order valence-electron chi connectivity index (χ0n) is 16.7. The highest BCUT2D eigenvalue weighted by Gasteiger charge is 2.17. The fourth-order valence-corrected chi connectivity index (χ4v) is 4.24. The molecule has 1 N–H and O–H groups in total. The molecule has 0 saturated heterocycles. The number of aryl methyl sites for hydroxylation is 1. The molecule has 0 unspecified atom stereocenters. The fourth-order valence-electron chi connectivity index (χ4n) is 3.40. The molecule has 150 valence electrons. The van der Waals surface area contributed by atoms with Crippen molar-refractivity contribution in [1.82, 2.24) is 29.9 Å². The van der Waals surface area contributed by atoms with E-state index in [-0.39, 0.29) is 0 Å². The number of hydrogen-bond acceptors (Lipinski definition) is 6. The average Bonchev–Trinajstić information content (AvgIpc) is 3.50. The van der Waals surface area contributed by atoms with Gasteiger partial charge in [0.2, 0.25) is 11.7 Å². The second kappa shape index (κ2) is 7.79. The third-order valence-corrected chi connectivity index (χ3v) is 5.92. The molecule has 0 bridgehead atoms. The normalized spacial score (nSPS) is 11.4. The number of nitrogens with one attached hydrogen (secondary N) is 1. The Morgan fingerprint density at radius 3 is 2.73 bits per heavy atom. The number of para-hydroxylation sites is 1. The lowest BCUT2D eigenvalue weighted by molar-refractivity contribution is 0.391. The van der Waals surface area contributed by atoms with Gasteiger partial charge in [0.25, 0.3) is 0 Å². The van der Waals surface area contributed by atoms with Gasteiger partial charge in [-0.15, -0.1) is 10.2 Å². The van der Waals surface area contributed by atoms with Crippen LogP contribution in [-0.4, -0.2) is 29.9 Å². The molecule has 5 aromatic rings. The second-order valence-electron chi connectivity index (χ2n) is 6.96. The number of aromatic amines is 1. The molecule has 0 spiro atoms. The maximum atomic E-state index is 5.44. The molecule has 0 aliphatic carbocycles. The summed E-state index contributed by atoms with van der Waals surface area (Å²) in [6.45, 7) is 4.91. The smallest absolute Gasteiger partial charge is 0.237 e. The Balaban J connectivity index is 1.37. The lowest BCUT2D eigenvalue weighted by Gasteiger charge is -2.05. The third-order valence-electron chi connectivity index (χ3n) is 4.97. The number of benzene rings is 2. The third kappa shape index (κ3) is 3.39. The minimum atomic E-state index is 0.533. The predicted octanol–water partition coefficient (Wildman–Crippen LogP) is 5.10. The van der Waals surface area contributed by atoms with Crippen LogP contribution in [0.4, 0.5) is 0 Å². The molecule has 0 atom stereocenters. The summed E-state index contributed by atoms with van der Waals surface area (Å²) >= 11 is 1.54. The molecule has 7 nitrogen and oxygen atoms in total. The Morgan fingerprint density at radius 2 is 1.90 bits per heavy atom. The molecule has 8 heteroatoms. The van der Waals surface area contributed by atoms with Gasteiger partial charge >= 0.3 is 0 Å². The molecule has 3 heterocycles. The Kier molecular flexibility index (Phi) is 4.84. The van der Waals surface area contributed by atoms with E-state index in [0.29, 0.717) is 17.5 Å². The van der Waals surface area contributed by atoms with Gasteiger partial charge in [-0.05, 0) is 19.9 Å². The van der Waals surface area contributed by atoms with Crippen molar-refractivity contribution in [2.45, 2.75) is 31.3 Å². The van der Waals surface area contributed by atoms with Crippen molar-refractivity contribution in [2.75, 3.05) is 0 Å². The molecule has 30 heavy (non-hydrogen) atoms. The first-order valence-corrected chi connectivity index (χ1v) is 10.7. The molecule has 0 fully saturated rings. The van der Waals surface area contributed by atoms with Crippen molar-refractivity contribution in [3.8, 4) is 22.8 Å². The van der Waals surface area contributed by atoms with E-state index in [1.807, 2.05) is 42.6 Å². The van der Waals surface area contributed by atoms with E-state index < -0.39 is 0 Å². The van der Waals surface area contributed by atoms with Gasteiger partial charge in [0.05, 0.1) is 5.75 Å². The number of hydrogen-bond donors (Lipinski definition) is 1. The molecular formula is C22H20N6OS. The topological polar surface area (TPSA) is 85.4 Å². The minimum Gasteiger partial charge on any atom is -0.360 e. The predicted molar refractivity (Wildman–Crippen MR) is 117 cm³/mol. The van der Waals surface area contributed by atoms with E-state index in [0.717, 1.165) is 39.6 Å². The van der Waals surface area contributed by atoms with Crippen molar-refractivity contribution >= 4 is 22.7 Å². The summed E-state index contributed by atoms with van der Waals surface area (Å²) in [5.41, 5.74) is 4.27. The highest BCUT2D eigenvalue weighted by atomic mass is 32.2. The highest BCUT2D eigenvalue weighted by Crippen LogP contribution is 2.31. The van der Waals surface area contributed by atoms with E-state index in [1.54, 1.807) is 11.8 Å². The summed E-state index contributed by atoms with van der Waals surface area (Å²) in [6.07, 6.45) is 1.99. The number of aromatic nitrogens is 6. The van der Waals surface area contributed by atoms with E-state index in [1.165, 1.54) is 5.56 Å². The van der Waals surface area contributed by atoms with Crippen molar-refractivity contribution in [1.29, 1.82) is 0 Å². The Hall–Kier alpha value is -3.39. The van der Waals surface area contributed by atoms with E-state index in [4.69, 9.17) is 4.52 Å². The summed E-state index contributed by atoms with van der Waals surface area (Å²) in [5.74, 6) is 2.55. The number of nitrogens with zero attached hydrogens (tertiary/aromatic N) is 5. The van der Waals surface area contributed by atoms with Gasteiger partial charge in [0, 0.05) is 34.8 Å². The first-order valence-electron chi connectivity index (χ1n) is 9.75. The van der Waals surface area contributed by atoms with Crippen LogP contribution in [0, 0.1) is 6.92 Å². The van der Waals surface area contributed by atoms with Crippen LogP contribution in [0.1, 0.15) is 18.4 Å². The van der Waals surface area contributed by atoms with Crippen molar-refractivity contribution < 1.29 is 4.52 Å². The van der Waals surface area contributed by atoms with Crippen LogP contribution in [-0.2, 0) is 12.3 Å². The summed E-state index contributed by atoms with van der Waals surface area (Å²) < 4.78 is 7.55. The van der Waals surface area contributed by atoms with Crippen molar-refractivity contribution in [3.05, 3.63) is 66.2 Å². The first kappa shape index (κ1) is 18.6. The van der Waals surface area contributed by atoms with Crippen LogP contribution in [0.5, 0.6) is 0 Å². The van der Waals surface area contributed by atoms with Crippen LogP contribution >= 0.6 is 11.8 Å². The molecule has 0 aliphatic heterocycles. The standard InChI is InChI=1S/C22H20N6OS/c1-3-28-21(17-12-23-18-7-5-4-6-16(17)18)25-26-22(28)30-13-19-24-20(27-29-19)15-10-8-14(2)9-11-15/h4-12,23H,3,13H2,1-2H3. The molecule has 5 rings (SSSR count). The molecule has 2 aromatic carbocycles. The van der Waals surface area contributed by atoms with E-state index in [9.17, 15) is 0 Å². The largest absolute Gasteiger partial charge is 0.360 e. The monoisotopic (exact) mass is 416 g/mol. The number of thioether (sulfide) groups is 1. The van der Waals surface area contributed by atoms with E-state index in [2.05, 4.69) is 55.9 Å². The summed E-state index contributed by atoms with van der Waals surface area (Å²) in [6, 6.07) is 16.3. The average molecular weight is 417 g/mol. The fraction of sp³-hybridized carbons (Fsp3) is 0.182. The Morgan fingerprint density at radius 1 is 1.07 bits per heavy atom. The lowest BCUT2D eigenvalue weighted by atomic mass is 10.1. The van der Waals surface area contributed by atoms with Gasteiger partial charge < -0.3 is 14.1 Å². The highest BCUT2D eigenvalue weighted by molar-refractivity contribution is 7.98. The summed E-state index contributed by atoms with van der Waals surface area (Å²) in [7, 11) is 0. The van der Waals surface area contributed by atoms with Gasteiger partial charge in [-0.3, -0.25) is 0 Å². The van der Waals surface area contributed by atoms with Crippen LogP contribution in [0.15, 0.2) is 64.4 Å². The SMILES string of the molecule is CCn1c(SCc2nc(-c3ccc(C)cc3)no2)nnc1-c1c[nH]c2ccccc12. The van der Waals surface area contributed by atoms with Crippen LogP contribution in [0.25, 0.3) is 33.7 Å². The van der Waals surface area contributed by atoms with Gasteiger partial charge in [0.15, 0.2) is 11.0 Å². The molecule has 0 amide bonds. The molecule has 0 saturated carbocycles. The van der Waals surface area contributed by atoms with Crippen molar-refractivity contribution in [2.24, 2.45) is 0 Å². The van der Waals surface area contributed by atoms with Gasteiger partial charge in [-0.25, -0.2) is 0 Å². The van der Waals surface area contributed by atoms with Gasteiger partial charge in [-0.1, -0.05) is 64.9 Å².